The summed E-state index contributed by atoms with van der Waals surface area (Å²) in [5.74, 6) is -0.116. The van der Waals surface area contributed by atoms with Crippen molar-refractivity contribution in [2.45, 2.75) is 6.54 Å². The van der Waals surface area contributed by atoms with Crippen LogP contribution >= 0.6 is 0 Å². The molecule has 0 aliphatic heterocycles. The fraction of sp³-hybridized carbons (Fsp3) is 0.125. The number of hydrogen-bond acceptors (Lipinski definition) is 5. The molecule has 2 heterocycles. The summed E-state index contributed by atoms with van der Waals surface area (Å²) in [5, 5.41) is 8.61. The van der Waals surface area contributed by atoms with Gasteiger partial charge < -0.3 is 10.3 Å². The molecule has 1 amide bonds. The third-order valence-electron chi connectivity index (χ3n) is 1.89. The highest BCUT2D eigenvalue weighted by Gasteiger charge is 2.08. The lowest BCUT2D eigenvalue weighted by Crippen LogP contribution is -2.30. The largest absolute Gasteiger partial charge is 0.343 e. The molecule has 0 saturated heterocycles. The number of aromatic nitrogens is 5. The van der Waals surface area contributed by atoms with Crippen molar-refractivity contribution in [3.05, 3.63) is 44.8 Å². The second kappa shape index (κ2) is 4.43. The van der Waals surface area contributed by atoms with E-state index in [9.17, 15) is 14.4 Å². The maximum atomic E-state index is 11.5. The average Bonchev–Trinajstić information content (AvgIpc) is 2.77. The third kappa shape index (κ3) is 2.65. The molecule has 0 aliphatic carbocycles. The maximum Gasteiger partial charge on any atom is 0.326 e. The van der Waals surface area contributed by atoms with Gasteiger partial charge in [-0.05, 0) is 0 Å². The SMILES string of the molecule is O=C(NCc1ncn[nH]1)c1cc(=O)[nH]c(=O)[nH]1. The molecule has 2 rings (SSSR count). The topological polar surface area (TPSA) is 136 Å². The molecule has 0 radical (unpaired) electrons. The van der Waals surface area contributed by atoms with Gasteiger partial charge in [0.1, 0.15) is 17.8 Å². The average molecular weight is 236 g/mol. The van der Waals surface area contributed by atoms with Gasteiger partial charge in [0.05, 0.1) is 6.54 Å². The molecular formula is C8H8N6O3. The summed E-state index contributed by atoms with van der Waals surface area (Å²) in [6.45, 7) is 0.119. The molecule has 2 aromatic rings. The standard InChI is InChI=1S/C8H8N6O3/c15-6-1-4(12-8(17)13-6)7(16)9-2-5-10-3-11-14-5/h1,3H,2H2,(H,9,16)(H,10,11,14)(H2,12,13,15,17). The Kier molecular flexibility index (Phi) is 2.81. The first-order valence-electron chi connectivity index (χ1n) is 4.61. The second-order valence-corrected chi connectivity index (χ2v) is 3.12. The highest BCUT2D eigenvalue weighted by atomic mass is 16.2. The van der Waals surface area contributed by atoms with E-state index in [-0.39, 0.29) is 12.2 Å². The van der Waals surface area contributed by atoms with E-state index in [4.69, 9.17) is 0 Å². The first kappa shape index (κ1) is 10.8. The molecule has 2 aromatic heterocycles. The fourth-order valence-corrected chi connectivity index (χ4v) is 1.17. The number of nitrogens with one attached hydrogen (secondary N) is 4. The Balaban J connectivity index is 2.09. The number of amides is 1. The van der Waals surface area contributed by atoms with Crippen LogP contribution in [-0.4, -0.2) is 31.1 Å². The third-order valence-corrected chi connectivity index (χ3v) is 1.89. The predicted molar refractivity (Wildman–Crippen MR) is 55.2 cm³/mol. The quantitative estimate of drug-likeness (QED) is 0.494. The number of carbonyl (C=O) groups is 1. The van der Waals surface area contributed by atoms with Crippen LogP contribution in [0.5, 0.6) is 0 Å². The number of carbonyl (C=O) groups excluding carboxylic acids is 1. The van der Waals surface area contributed by atoms with Crippen molar-refractivity contribution in [1.82, 2.24) is 30.5 Å². The van der Waals surface area contributed by atoms with Crippen molar-refractivity contribution in [2.24, 2.45) is 0 Å². The van der Waals surface area contributed by atoms with Crippen LogP contribution in [0.1, 0.15) is 16.3 Å². The minimum absolute atomic E-state index is 0.113. The normalized spacial score (nSPS) is 10.1. The van der Waals surface area contributed by atoms with Crippen molar-refractivity contribution in [2.75, 3.05) is 0 Å². The first-order valence-corrected chi connectivity index (χ1v) is 4.61. The van der Waals surface area contributed by atoms with Crippen LogP contribution in [0.4, 0.5) is 0 Å². The van der Waals surface area contributed by atoms with Crippen LogP contribution in [0, 0.1) is 0 Å². The lowest BCUT2D eigenvalue weighted by atomic mass is 10.4. The van der Waals surface area contributed by atoms with Crippen LogP contribution in [0.2, 0.25) is 0 Å². The maximum absolute atomic E-state index is 11.5. The molecule has 17 heavy (non-hydrogen) atoms. The Morgan fingerprint density at radius 3 is 2.82 bits per heavy atom. The summed E-state index contributed by atoms with van der Waals surface area (Å²) < 4.78 is 0. The van der Waals surface area contributed by atoms with Crippen LogP contribution in [0.3, 0.4) is 0 Å². The lowest BCUT2D eigenvalue weighted by molar-refractivity contribution is 0.0944. The van der Waals surface area contributed by atoms with E-state index in [0.29, 0.717) is 5.82 Å². The van der Waals surface area contributed by atoms with Gasteiger partial charge in [-0.2, -0.15) is 5.10 Å². The fourth-order valence-electron chi connectivity index (χ4n) is 1.17. The van der Waals surface area contributed by atoms with Crippen molar-refractivity contribution in [1.29, 1.82) is 0 Å². The molecule has 0 fully saturated rings. The van der Waals surface area contributed by atoms with Gasteiger partial charge in [0.15, 0.2) is 0 Å². The monoisotopic (exact) mass is 236 g/mol. The van der Waals surface area contributed by atoms with Crippen LogP contribution in [0.25, 0.3) is 0 Å². The highest BCUT2D eigenvalue weighted by Crippen LogP contribution is 1.88. The van der Waals surface area contributed by atoms with Crippen LogP contribution < -0.4 is 16.6 Å². The van der Waals surface area contributed by atoms with Crippen LogP contribution in [-0.2, 0) is 6.54 Å². The first-order chi connectivity index (χ1) is 8.15. The molecule has 0 bridgehead atoms. The van der Waals surface area contributed by atoms with Gasteiger partial charge in [0.2, 0.25) is 0 Å². The number of hydrogen-bond donors (Lipinski definition) is 4. The minimum atomic E-state index is -0.734. The molecule has 0 aromatic carbocycles. The smallest absolute Gasteiger partial charge is 0.326 e. The van der Waals surface area contributed by atoms with E-state index in [1.54, 1.807) is 0 Å². The predicted octanol–water partition coefficient (Wildman–Crippen LogP) is -1.89. The second-order valence-electron chi connectivity index (χ2n) is 3.12. The highest BCUT2D eigenvalue weighted by molar-refractivity contribution is 5.91. The molecule has 9 heteroatoms. The molecule has 0 aliphatic rings. The summed E-state index contributed by atoms with van der Waals surface area (Å²) in [4.78, 5) is 41.4. The Morgan fingerprint density at radius 1 is 1.35 bits per heavy atom. The van der Waals surface area contributed by atoms with Crippen molar-refractivity contribution < 1.29 is 4.79 Å². The Labute approximate surface area is 93.3 Å². The minimum Gasteiger partial charge on any atom is -0.343 e. The van der Waals surface area contributed by atoms with E-state index < -0.39 is 17.2 Å². The summed E-state index contributed by atoms with van der Waals surface area (Å²) in [7, 11) is 0. The number of aromatic amines is 3. The number of rotatable bonds is 3. The summed E-state index contributed by atoms with van der Waals surface area (Å²) in [6.07, 6.45) is 1.30. The van der Waals surface area contributed by atoms with E-state index in [1.165, 1.54) is 6.33 Å². The Bertz CT molecular complexity index is 597. The molecule has 9 nitrogen and oxygen atoms in total. The van der Waals surface area contributed by atoms with Gasteiger partial charge in [-0.1, -0.05) is 0 Å². The summed E-state index contributed by atoms with van der Waals surface area (Å²) in [6, 6.07) is 0.997. The number of H-pyrrole nitrogens is 3. The van der Waals surface area contributed by atoms with E-state index in [0.717, 1.165) is 6.07 Å². The van der Waals surface area contributed by atoms with Gasteiger partial charge in [-0.15, -0.1) is 0 Å². The molecule has 0 spiro atoms. The van der Waals surface area contributed by atoms with Crippen LogP contribution in [0.15, 0.2) is 22.0 Å². The van der Waals surface area contributed by atoms with Crippen molar-refractivity contribution in [3.8, 4) is 0 Å². The van der Waals surface area contributed by atoms with E-state index >= 15 is 0 Å². The van der Waals surface area contributed by atoms with Gasteiger partial charge >= 0.3 is 5.69 Å². The molecule has 0 unspecified atom stereocenters. The molecule has 0 saturated carbocycles. The zero-order valence-electron chi connectivity index (χ0n) is 8.48. The van der Waals surface area contributed by atoms with E-state index in [1.807, 2.05) is 4.98 Å². The van der Waals surface area contributed by atoms with Gasteiger partial charge in [0.25, 0.3) is 11.5 Å². The Hall–Kier alpha value is -2.71. The van der Waals surface area contributed by atoms with E-state index in [2.05, 4.69) is 25.5 Å². The molecule has 4 N–H and O–H groups in total. The molecular weight excluding hydrogens is 228 g/mol. The van der Waals surface area contributed by atoms with Crippen molar-refractivity contribution >= 4 is 5.91 Å². The Morgan fingerprint density at radius 2 is 2.18 bits per heavy atom. The van der Waals surface area contributed by atoms with Gasteiger partial charge in [-0.3, -0.25) is 19.7 Å². The molecule has 88 valence electrons. The van der Waals surface area contributed by atoms with Gasteiger partial charge in [-0.25, -0.2) is 9.78 Å². The lowest BCUT2D eigenvalue weighted by Gasteiger charge is -2.01. The summed E-state index contributed by atoms with van der Waals surface area (Å²) >= 11 is 0. The van der Waals surface area contributed by atoms with Crippen molar-refractivity contribution in [3.63, 3.8) is 0 Å². The number of nitrogens with zero attached hydrogens (tertiary/aromatic N) is 2. The summed E-state index contributed by atoms with van der Waals surface area (Å²) in [5.41, 5.74) is -1.49. The zero-order valence-corrected chi connectivity index (χ0v) is 8.48. The molecule has 0 atom stereocenters. The van der Waals surface area contributed by atoms with Gasteiger partial charge in [0, 0.05) is 6.07 Å². The zero-order chi connectivity index (χ0) is 12.3.